The number of hydrogen-bond acceptors (Lipinski definition) is 5. The molecule has 2 saturated carbocycles. The topological polar surface area (TPSA) is 90.6 Å². The molecule has 134 valence electrons. The number of allylic oxidation sites excluding steroid dienone is 3. The maximum absolute atomic E-state index is 11.8. The van der Waals surface area contributed by atoms with E-state index in [0.717, 1.165) is 36.8 Å². The standard InChI is InChI=1S/C20H25NO4/c1-19-11-17(25-24)18-14-5-3-13(22)10-12(14)2-4-15(18)16(19)6-7-20(19,23)8-9-21/h10,15-17,23-24H,2-8,11H2,1H3/t15-,16+,17-,19-,20+/m0/s1. The van der Waals surface area contributed by atoms with E-state index in [0.29, 0.717) is 25.2 Å². The van der Waals surface area contributed by atoms with Gasteiger partial charge in [0, 0.05) is 11.8 Å². The lowest BCUT2D eigenvalue weighted by Gasteiger charge is -2.53. The summed E-state index contributed by atoms with van der Waals surface area (Å²) in [6, 6.07) is 2.15. The summed E-state index contributed by atoms with van der Waals surface area (Å²) in [6.07, 6.45) is 6.51. The van der Waals surface area contributed by atoms with Crippen LogP contribution in [-0.2, 0) is 9.68 Å². The smallest absolute Gasteiger partial charge is 0.156 e. The van der Waals surface area contributed by atoms with Crippen molar-refractivity contribution in [3.05, 3.63) is 22.8 Å². The van der Waals surface area contributed by atoms with Crippen molar-refractivity contribution in [2.24, 2.45) is 17.3 Å². The summed E-state index contributed by atoms with van der Waals surface area (Å²) in [5.41, 5.74) is 2.01. The highest BCUT2D eigenvalue weighted by molar-refractivity contribution is 5.93. The zero-order valence-corrected chi connectivity index (χ0v) is 14.6. The van der Waals surface area contributed by atoms with E-state index in [-0.39, 0.29) is 18.1 Å². The fourth-order valence-electron chi connectivity index (χ4n) is 6.20. The molecule has 5 atom stereocenters. The van der Waals surface area contributed by atoms with Crippen LogP contribution in [0.3, 0.4) is 0 Å². The highest BCUT2D eigenvalue weighted by Gasteiger charge is 2.63. The van der Waals surface area contributed by atoms with E-state index in [1.165, 1.54) is 5.57 Å². The Morgan fingerprint density at radius 1 is 1.36 bits per heavy atom. The summed E-state index contributed by atoms with van der Waals surface area (Å²) in [5, 5.41) is 30.0. The second-order valence-electron chi connectivity index (χ2n) is 8.44. The van der Waals surface area contributed by atoms with E-state index < -0.39 is 17.1 Å². The molecule has 0 saturated heterocycles. The van der Waals surface area contributed by atoms with Gasteiger partial charge in [0.1, 0.15) is 6.10 Å². The Balaban J connectivity index is 1.80. The quantitative estimate of drug-likeness (QED) is 0.593. The molecule has 0 aliphatic heterocycles. The SMILES string of the molecule is C[C@]12C[C@H](OO)C3=C4CCC(=O)C=C4CC[C@H]3[C@H]1CC[C@@]2(O)CC#N. The van der Waals surface area contributed by atoms with Gasteiger partial charge < -0.3 is 5.11 Å². The third-order valence-corrected chi connectivity index (χ3v) is 7.51. The van der Waals surface area contributed by atoms with Crippen LogP contribution >= 0.6 is 0 Å². The van der Waals surface area contributed by atoms with Gasteiger partial charge in [0.25, 0.3) is 0 Å². The second kappa shape index (κ2) is 5.77. The molecule has 2 N–H and O–H groups in total. The van der Waals surface area contributed by atoms with Gasteiger partial charge in [-0.2, -0.15) is 5.26 Å². The molecular formula is C20H25NO4. The molecule has 2 fully saturated rings. The molecule has 0 bridgehead atoms. The number of carbonyl (C=O) groups excluding carboxylic acids is 1. The third-order valence-electron chi connectivity index (χ3n) is 7.51. The van der Waals surface area contributed by atoms with Crippen molar-refractivity contribution in [2.45, 2.75) is 70.0 Å². The van der Waals surface area contributed by atoms with E-state index in [4.69, 9.17) is 4.89 Å². The molecule has 0 aromatic rings. The Morgan fingerprint density at radius 2 is 2.16 bits per heavy atom. The van der Waals surface area contributed by atoms with Crippen LogP contribution in [0.4, 0.5) is 0 Å². The number of fused-ring (bicyclic) bond motifs is 4. The number of nitriles is 1. The van der Waals surface area contributed by atoms with Gasteiger partial charge in [0.2, 0.25) is 0 Å². The molecule has 0 spiro atoms. The van der Waals surface area contributed by atoms with Crippen molar-refractivity contribution in [3.63, 3.8) is 0 Å². The fourth-order valence-corrected chi connectivity index (χ4v) is 6.20. The van der Waals surface area contributed by atoms with Crippen LogP contribution in [0.15, 0.2) is 22.8 Å². The minimum absolute atomic E-state index is 0.121. The van der Waals surface area contributed by atoms with Crippen LogP contribution in [0.5, 0.6) is 0 Å². The lowest BCUT2D eigenvalue weighted by atomic mass is 9.54. The average molecular weight is 343 g/mol. The fraction of sp³-hybridized carbons (Fsp3) is 0.700. The zero-order valence-electron chi connectivity index (χ0n) is 14.6. The van der Waals surface area contributed by atoms with E-state index in [1.807, 2.05) is 0 Å². The Labute approximate surface area is 147 Å². The van der Waals surface area contributed by atoms with Crippen molar-refractivity contribution >= 4 is 5.78 Å². The average Bonchev–Trinajstić information content (AvgIpc) is 2.85. The van der Waals surface area contributed by atoms with Crippen LogP contribution in [-0.4, -0.2) is 27.9 Å². The minimum atomic E-state index is -1.02. The van der Waals surface area contributed by atoms with Crippen LogP contribution < -0.4 is 0 Å². The van der Waals surface area contributed by atoms with Gasteiger partial charge in [-0.1, -0.05) is 6.92 Å². The maximum atomic E-state index is 11.8. The minimum Gasteiger partial charge on any atom is -0.388 e. The molecule has 0 aromatic carbocycles. The first kappa shape index (κ1) is 17.0. The third kappa shape index (κ3) is 2.28. The van der Waals surface area contributed by atoms with Gasteiger partial charge in [-0.05, 0) is 73.2 Å². The van der Waals surface area contributed by atoms with Crippen molar-refractivity contribution < 1.29 is 20.0 Å². The molecule has 0 radical (unpaired) electrons. The summed E-state index contributed by atoms with van der Waals surface area (Å²) in [4.78, 5) is 16.7. The summed E-state index contributed by atoms with van der Waals surface area (Å²) in [7, 11) is 0. The van der Waals surface area contributed by atoms with Crippen molar-refractivity contribution in [1.29, 1.82) is 5.26 Å². The van der Waals surface area contributed by atoms with Crippen molar-refractivity contribution in [1.82, 2.24) is 0 Å². The monoisotopic (exact) mass is 343 g/mol. The molecule has 0 amide bonds. The highest BCUT2D eigenvalue weighted by Crippen LogP contribution is 2.64. The molecule has 0 unspecified atom stereocenters. The van der Waals surface area contributed by atoms with Crippen LogP contribution in [0, 0.1) is 28.6 Å². The Hall–Kier alpha value is -1.48. The molecular weight excluding hydrogens is 318 g/mol. The first-order valence-corrected chi connectivity index (χ1v) is 9.30. The van der Waals surface area contributed by atoms with Crippen molar-refractivity contribution in [3.8, 4) is 6.07 Å². The van der Waals surface area contributed by atoms with E-state index in [1.54, 1.807) is 6.08 Å². The zero-order chi connectivity index (χ0) is 17.8. The predicted molar refractivity (Wildman–Crippen MR) is 90.2 cm³/mol. The Bertz CT molecular complexity index is 718. The van der Waals surface area contributed by atoms with E-state index >= 15 is 0 Å². The largest absolute Gasteiger partial charge is 0.388 e. The number of hydrogen-bond donors (Lipinski definition) is 2. The lowest BCUT2D eigenvalue weighted by molar-refractivity contribution is -0.287. The Morgan fingerprint density at radius 3 is 2.88 bits per heavy atom. The van der Waals surface area contributed by atoms with Gasteiger partial charge in [0.15, 0.2) is 5.78 Å². The summed E-state index contributed by atoms with van der Waals surface area (Å²) in [6.45, 7) is 2.06. The molecule has 5 nitrogen and oxygen atoms in total. The summed E-state index contributed by atoms with van der Waals surface area (Å²) in [5.74, 6) is 0.729. The van der Waals surface area contributed by atoms with Crippen LogP contribution in [0.1, 0.15) is 58.3 Å². The number of aliphatic hydroxyl groups is 1. The van der Waals surface area contributed by atoms with E-state index in [2.05, 4.69) is 13.0 Å². The normalized spacial score (nSPS) is 43.0. The number of rotatable bonds is 2. The molecule has 25 heavy (non-hydrogen) atoms. The summed E-state index contributed by atoms with van der Waals surface area (Å²) < 4.78 is 0. The lowest BCUT2D eigenvalue weighted by Crippen LogP contribution is -2.53. The predicted octanol–water partition coefficient (Wildman–Crippen LogP) is 3.31. The molecule has 4 aliphatic rings. The van der Waals surface area contributed by atoms with Gasteiger partial charge in [-0.3, -0.25) is 10.1 Å². The molecule has 0 heterocycles. The molecule has 5 heteroatoms. The number of nitrogens with zero attached hydrogens (tertiary/aromatic N) is 1. The van der Waals surface area contributed by atoms with Gasteiger partial charge in [-0.15, -0.1) is 0 Å². The van der Waals surface area contributed by atoms with Gasteiger partial charge >= 0.3 is 0 Å². The Kier molecular flexibility index (Phi) is 3.91. The van der Waals surface area contributed by atoms with Crippen molar-refractivity contribution in [2.75, 3.05) is 0 Å². The second-order valence-corrected chi connectivity index (χ2v) is 8.44. The highest BCUT2D eigenvalue weighted by atomic mass is 17.1. The van der Waals surface area contributed by atoms with Crippen LogP contribution in [0.25, 0.3) is 0 Å². The molecule has 0 aromatic heterocycles. The van der Waals surface area contributed by atoms with Gasteiger partial charge in [0.05, 0.1) is 18.1 Å². The first-order valence-electron chi connectivity index (χ1n) is 9.30. The van der Waals surface area contributed by atoms with Crippen LogP contribution in [0.2, 0.25) is 0 Å². The molecule has 4 aliphatic carbocycles. The van der Waals surface area contributed by atoms with Gasteiger partial charge in [-0.25, -0.2) is 4.89 Å². The molecule has 4 rings (SSSR count). The first-order chi connectivity index (χ1) is 11.9. The summed E-state index contributed by atoms with van der Waals surface area (Å²) >= 11 is 0. The van der Waals surface area contributed by atoms with E-state index in [9.17, 15) is 20.4 Å². The maximum Gasteiger partial charge on any atom is 0.156 e. The number of carbonyl (C=O) groups is 1. The number of ketones is 1.